The average Bonchev–Trinajstić information content (AvgIpc) is 2.84. The van der Waals surface area contributed by atoms with Crippen molar-refractivity contribution in [2.45, 2.75) is 0 Å². The molecule has 2 aromatic heterocycles. The molecule has 0 spiro atoms. The van der Waals surface area contributed by atoms with E-state index in [2.05, 4.69) is 15.1 Å². The molecule has 1 aromatic carbocycles. The first-order valence-corrected chi connectivity index (χ1v) is 4.49. The zero-order valence-corrected chi connectivity index (χ0v) is 7.77. The maximum absolute atomic E-state index is 5.39. The molecule has 0 radical (unpaired) electrons. The van der Waals surface area contributed by atoms with Crippen LogP contribution in [-0.2, 0) is 0 Å². The molecule has 15 heavy (non-hydrogen) atoms. The van der Waals surface area contributed by atoms with E-state index < -0.39 is 0 Å². The second kappa shape index (κ2) is 2.84. The van der Waals surface area contributed by atoms with Crippen LogP contribution in [0.4, 0.5) is 5.95 Å². The number of hydrogen-bond donors (Lipinski definition) is 2. The molecule has 0 aliphatic carbocycles. The van der Waals surface area contributed by atoms with Crippen LogP contribution in [0.3, 0.4) is 0 Å². The van der Waals surface area contributed by atoms with E-state index in [4.69, 9.17) is 10.3 Å². The smallest absolute Gasteiger partial charge is 0.261 e. The highest BCUT2D eigenvalue weighted by atomic mass is 16.5. The fourth-order valence-electron chi connectivity index (χ4n) is 1.54. The Bertz CT molecular complexity index is 610. The van der Waals surface area contributed by atoms with Crippen LogP contribution in [-0.4, -0.2) is 15.1 Å². The predicted octanol–water partition coefficient (Wildman–Crippen LogP) is 1.80. The van der Waals surface area contributed by atoms with Crippen molar-refractivity contribution in [1.82, 2.24) is 15.1 Å². The lowest BCUT2D eigenvalue weighted by atomic mass is 10.1. The number of benzene rings is 1. The Morgan fingerprint density at radius 3 is 3.00 bits per heavy atom. The number of aromatic amines is 1. The molecule has 3 N–H and O–H groups in total. The minimum absolute atomic E-state index is 0.152. The van der Waals surface area contributed by atoms with E-state index in [1.807, 2.05) is 30.5 Å². The number of H-pyrrole nitrogens is 1. The molecule has 0 bridgehead atoms. The third-order valence-corrected chi connectivity index (χ3v) is 2.24. The van der Waals surface area contributed by atoms with Crippen LogP contribution in [0.5, 0.6) is 0 Å². The highest BCUT2D eigenvalue weighted by Gasteiger charge is 2.07. The summed E-state index contributed by atoms with van der Waals surface area (Å²) >= 11 is 0. The number of aromatic nitrogens is 3. The molecule has 0 aliphatic rings. The van der Waals surface area contributed by atoms with Crippen molar-refractivity contribution in [3.05, 3.63) is 30.5 Å². The Morgan fingerprint density at radius 2 is 2.20 bits per heavy atom. The van der Waals surface area contributed by atoms with Crippen molar-refractivity contribution in [2.75, 3.05) is 5.73 Å². The van der Waals surface area contributed by atoms with Crippen LogP contribution in [0.1, 0.15) is 0 Å². The van der Waals surface area contributed by atoms with Crippen molar-refractivity contribution in [1.29, 1.82) is 0 Å². The molecule has 0 amide bonds. The molecule has 0 unspecified atom stereocenters. The summed E-state index contributed by atoms with van der Waals surface area (Å²) in [4.78, 5) is 7.07. The van der Waals surface area contributed by atoms with Crippen LogP contribution in [0.2, 0.25) is 0 Å². The van der Waals surface area contributed by atoms with E-state index >= 15 is 0 Å². The van der Waals surface area contributed by atoms with Gasteiger partial charge in [0.2, 0.25) is 0 Å². The van der Waals surface area contributed by atoms with Gasteiger partial charge in [-0.2, -0.15) is 4.98 Å². The minimum Gasteiger partial charge on any atom is -0.365 e. The predicted molar refractivity (Wildman–Crippen MR) is 56.0 cm³/mol. The Labute approximate surface area is 84.9 Å². The van der Waals surface area contributed by atoms with Gasteiger partial charge in [-0.1, -0.05) is 0 Å². The average molecular weight is 200 g/mol. The number of nitrogens with one attached hydrogen (secondary N) is 1. The zero-order valence-electron chi connectivity index (χ0n) is 7.77. The van der Waals surface area contributed by atoms with E-state index in [1.165, 1.54) is 0 Å². The van der Waals surface area contributed by atoms with E-state index in [1.54, 1.807) is 0 Å². The number of nitrogens with two attached hydrogens (primary N) is 1. The van der Waals surface area contributed by atoms with E-state index in [0.29, 0.717) is 5.89 Å². The lowest BCUT2D eigenvalue weighted by molar-refractivity contribution is 0.433. The monoisotopic (exact) mass is 200 g/mol. The van der Waals surface area contributed by atoms with Gasteiger partial charge in [0.05, 0.1) is 0 Å². The molecule has 3 aromatic rings. The Kier molecular flexibility index (Phi) is 1.53. The van der Waals surface area contributed by atoms with E-state index in [0.717, 1.165) is 16.5 Å². The van der Waals surface area contributed by atoms with Crippen LogP contribution in [0.15, 0.2) is 35.0 Å². The maximum atomic E-state index is 5.39. The Morgan fingerprint density at radius 1 is 1.27 bits per heavy atom. The molecular formula is C10H8N4O. The second-order valence-electron chi connectivity index (χ2n) is 3.24. The number of nitrogen functional groups attached to an aromatic ring is 1. The number of anilines is 1. The maximum Gasteiger partial charge on any atom is 0.261 e. The normalized spacial score (nSPS) is 10.9. The van der Waals surface area contributed by atoms with Crippen LogP contribution >= 0.6 is 0 Å². The van der Waals surface area contributed by atoms with Crippen LogP contribution < -0.4 is 5.73 Å². The van der Waals surface area contributed by atoms with Gasteiger partial charge in [0, 0.05) is 22.7 Å². The lowest BCUT2D eigenvalue weighted by Gasteiger charge is -1.94. The summed E-state index contributed by atoms with van der Waals surface area (Å²) in [7, 11) is 0. The number of rotatable bonds is 1. The van der Waals surface area contributed by atoms with Crippen molar-refractivity contribution in [3.8, 4) is 11.5 Å². The molecule has 0 saturated carbocycles. The number of fused-ring (bicyclic) bond motifs is 1. The molecule has 0 saturated heterocycles. The summed E-state index contributed by atoms with van der Waals surface area (Å²) in [6.07, 6.45) is 1.89. The van der Waals surface area contributed by atoms with Gasteiger partial charge in [0.25, 0.3) is 11.8 Å². The molecule has 0 aliphatic heterocycles. The molecule has 74 valence electrons. The molecule has 5 nitrogen and oxygen atoms in total. The summed E-state index contributed by atoms with van der Waals surface area (Å²) in [5, 5.41) is 4.65. The van der Waals surface area contributed by atoms with Crippen molar-refractivity contribution in [2.24, 2.45) is 0 Å². The molecule has 3 rings (SSSR count). The van der Waals surface area contributed by atoms with Gasteiger partial charge in [0.15, 0.2) is 0 Å². The summed E-state index contributed by atoms with van der Waals surface area (Å²) in [5.41, 5.74) is 7.33. The number of hydrogen-bond acceptors (Lipinski definition) is 4. The minimum atomic E-state index is 0.152. The quantitative estimate of drug-likeness (QED) is 0.627. The van der Waals surface area contributed by atoms with Gasteiger partial charge < -0.3 is 15.2 Å². The van der Waals surface area contributed by atoms with Crippen LogP contribution in [0, 0.1) is 0 Å². The first-order valence-electron chi connectivity index (χ1n) is 4.49. The van der Waals surface area contributed by atoms with Gasteiger partial charge in [-0.15, -0.1) is 0 Å². The Balaban J connectivity index is 2.18. The zero-order chi connectivity index (χ0) is 10.3. The van der Waals surface area contributed by atoms with Crippen molar-refractivity contribution < 1.29 is 4.52 Å². The topological polar surface area (TPSA) is 80.7 Å². The summed E-state index contributed by atoms with van der Waals surface area (Å²) in [5.74, 6) is 0.592. The summed E-state index contributed by atoms with van der Waals surface area (Å²) in [6.45, 7) is 0. The van der Waals surface area contributed by atoms with E-state index in [-0.39, 0.29) is 5.95 Å². The molecular weight excluding hydrogens is 192 g/mol. The fraction of sp³-hybridized carbons (Fsp3) is 0. The van der Waals surface area contributed by atoms with Gasteiger partial charge >= 0.3 is 0 Å². The first-order chi connectivity index (χ1) is 7.33. The molecule has 0 fully saturated rings. The van der Waals surface area contributed by atoms with Crippen molar-refractivity contribution >= 4 is 16.9 Å². The lowest BCUT2D eigenvalue weighted by Crippen LogP contribution is -1.85. The van der Waals surface area contributed by atoms with Crippen molar-refractivity contribution in [3.63, 3.8) is 0 Å². The SMILES string of the molecule is Nc1noc(-c2ccc3[nH]ccc3c2)n1. The molecule has 5 heteroatoms. The third kappa shape index (κ3) is 1.25. The van der Waals surface area contributed by atoms with E-state index in [9.17, 15) is 0 Å². The Hall–Kier alpha value is -2.30. The summed E-state index contributed by atoms with van der Waals surface area (Å²) < 4.78 is 4.98. The molecule has 0 atom stereocenters. The fourth-order valence-corrected chi connectivity index (χ4v) is 1.54. The van der Waals surface area contributed by atoms with Gasteiger partial charge in [-0.3, -0.25) is 0 Å². The van der Waals surface area contributed by atoms with Crippen LogP contribution in [0.25, 0.3) is 22.4 Å². The standard InChI is InChI=1S/C10H8N4O/c11-10-13-9(15-14-10)7-1-2-8-6(5-7)3-4-12-8/h1-5,12H,(H2,11,14). The second-order valence-corrected chi connectivity index (χ2v) is 3.24. The highest BCUT2D eigenvalue weighted by molar-refractivity contribution is 5.83. The highest BCUT2D eigenvalue weighted by Crippen LogP contribution is 2.22. The summed E-state index contributed by atoms with van der Waals surface area (Å²) in [6, 6.07) is 7.83. The third-order valence-electron chi connectivity index (χ3n) is 2.24. The van der Waals surface area contributed by atoms with Gasteiger partial charge in [0.1, 0.15) is 0 Å². The van der Waals surface area contributed by atoms with Gasteiger partial charge in [-0.05, 0) is 29.4 Å². The largest absolute Gasteiger partial charge is 0.365 e. The number of nitrogens with zero attached hydrogens (tertiary/aromatic N) is 2. The first kappa shape index (κ1) is 8.05. The molecule has 2 heterocycles. The van der Waals surface area contributed by atoms with Gasteiger partial charge in [-0.25, -0.2) is 0 Å².